The van der Waals surface area contributed by atoms with Crippen molar-refractivity contribution in [2.24, 2.45) is 0 Å². The van der Waals surface area contributed by atoms with Crippen LogP contribution in [0.25, 0.3) is 10.9 Å². The molecule has 2 aromatic rings. The van der Waals surface area contributed by atoms with Crippen molar-refractivity contribution in [3.8, 4) is 0 Å². The van der Waals surface area contributed by atoms with Crippen LogP contribution in [0.4, 0.5) is 0 Å². The van der Waals surface area contributed by atoms with Gasteiger partial charge in [-0.05, 0) is 46.8 Å². The summed E-state index contributed by atoms with van der Waals surface area (Å²) in [6.45, 7) is 0. The van der Waals surface area contributed by atoms with Crippen LogP contribution < -0.4 is 5.43 Å². The largest absolute Gasteiger partial charge is 0.357 e. The van der Waals surface area contributed by atoms with Gasteiger partial charge in [-0.3, -0.25) is 4.79 Å². The molecule has 2 nitrogen and oxygen atoms in total. The number of nitrogens with one attached hydrogen (secondary N) is 1. The lowest BCUT2D eigenvalue weighted by atomic mass is 10.1. The highest BCUT2D eigenvalue weighted by Gasteiger charge is 2.25. The normalized spacial score (nSPS) is 15.6. The Morgan fingerprint density at radius 2 is 1.94 bits per heavy atom. The lowest BCUT2D eigenvalue weighted by Crippen LogP contribution is -2.04. The van der Waals surface area contributed by atoms with Gasteiger partial charge >= 0.3 is 0 Å². The summed E-state index contributed by atoms with van der Waals surface area (Å²) in [6.07, 6.45) is 2.38. The predicted octanol–water partition coefficient (Wildman–Crippen LogP) is 3.93. The Kier molecular flexibility index (Phi) is 2.44. The summed E-state index contributed by atoms with van der Waals surface area (Å²) in [5.41, 5.74) is 2.07. The molecule has 0 amide bonds. The van der Waals surface area contributed by atoms with E-state index in [1.54, 1.807) is 6.07 Å². The average Bonchev–Trinajstić information content (AvgIpc) is 3.02. The molecule has 4 heteroatoms. The van der Waals surface area contributed by atoms with Crippen molar-refractivity contribution in [1.29, 1.82) is 0 Å². The highest BCUT2D eigenvalue weighted by atomic mass is 79.9. The molecule has 0 radical (unpaired) electrons. The lowest BCUT2D eigenvalue weighted by molar-refractivity contribution is 1.04. The van der Waals surface area contributed by atoms with Gasteiger partial charge in [-0.2, -0.15) is 0 Å². The summed E-state index contributed by atoms with van der Waals surface area (Å²) >= 11 is 6.88. The number of H-pyrrole nitrogens is 1. The van der Waals surface area contributed by atoms with Gasteiger partial charge in [0.2, 0.25) is 0 Å². The molecule has 82 valence electrons. The fraction of sp³-hybridized carbons (Fsp3) is 0.250. The fourth-order valence-electron chi connectivity index (χ4n) is 1.91. The maximum absolute atomic E-state index is 12.0. The van der Waals surface area contributed by atoms with Crippen molar-refractivity contribution in [1.82, 2.24) is 4.98 Å². The Bertz CT molecular complexity index is 629. The molecule has 1 fully saturated rings. The van der Waals surface area contributed by atoms with E-state index < -0.39 is 0 Å². The third-order valence-corrected chi connectivity index (χ3v) is 3.98. The van der Waals surface area contributed by atoms with Gasteiger partial charge in [0.1, 0.15) is 0 Å². The average molecular weight is 343 g/mol. The molecule has 16 heavy (non-hydrogen) atoms. The van der Waals surface area contributed by atoms with Crippen LogP contribution in [0.5, 0.6) is 0 Å². The van der Waals surface area contributed by atoms with Crippen LogP contribution in [0.15, 0.2) is 31.9 Å². The molecule has 0 spiro atoms. The third kappa shape index (κ3) is 1.74. The summed E-state index contributed by atoms with van der Waals surface area (Å²) in [5.74, 6) is 0.563. The van der Waals surface area contributed by atoms with Gasteiger partial charge in [0.25, 0.3) is 0 Å². The van der Waals surface area contributed by atoms with E-state index >= 15 is 0 Å². The Morgan fingerprint density at radius 1 is 1.19 bits per heavy atom. The highest BCUT2D eigenvalue weighted by molar-refractivity contribution is 9.11. The molecule has 1 N–H and O–H groups in total. The molecule has 1 heterocycles. The first-order valence-electron chi connectivity index (χ1n) is 5.17. The van der Waals surface area contributed by atoms with Gasteiger partial charge in [-0.25, -0.2) is 0 Å². The molecule has 0 aliphatic heterocycles. The minimum atomic E-state index is 0.0950. The summed E-state index contributed by atoms with van der Waals surface area (Å²) in [5, 5.41) is 0.727. The number of aromatic nitrogens is 1. The summed E-state index contributed by atoms with van der Waals surface area (Å²) in [4.78, 5) is 15.3. The van der Waals surface area contributed by atoms with Gasteiger partial charge in [0, 0.05) is 26.1 Å². The number of aromatic amines is 1. The second-order valence-electron chi connectivity index (χ2n) is 4.17. The van der Waals surface area contributed by atoms with Crippen molar-refractivity contribution < 1.29 is 0 Å². The zero-order chi connectivity index (χ0) is 11.3. The molecule has 1 aliphatic rings. The first-order valence-corrected chi connectivity index (χ1v) is 6.76. The van der Waals surface area contributed by atoms with E-state index in [4.69, 9.17) is 0 Å². The molecule has 0 unspecified atom stereocenters. The zero-order valence-corrected chi connectivity index (χ0v) is 11.6. The molecule has 1 saturated carbocycles. The number of pyridine rings is 1. The van der Waals surface area contributed by atoms with Gasteiger partial charge in [0.05, 0.1) is 5.52 Å². The summed E-state index contributed by atoms with van der Waals surface area (Å²) in [7, 11) is 0. The van der Waals surface area contributed by atoms with E-state index in [9.17, 15) is 4.79 Å². The lowest BCUT2D eigenvalue weighted by Gasteiger charge is -2.05. The Hall–Kier alpha value is -0.610. The molecule has 0 bridgehead atoms. The van der Waals surface area contributed by atoms with E-state index in [2.05, 4.69) is 36.8 Å². The third-order valence-electron chi connectivity index (χ3n) is 2.89. The van der Waals surface area contributed by atoms with E-state index in [1.165, 1.54) is 12.8 Å². The molecule has 0 atom stereocenters. The predicted molar refractivity (Wildman–Crippen MR) is 71.9 cm³/mol. The molecule has 0 saturated heterocycles. The molecule has 1 aliphatic carbocycles. The van der Waals surface area contributed by atoms with Crippen molar-refractivity contribution in [2.75, 3.05) is 0 Å². The number of fused-ring (bicyclic) bond motifs is 1. The summed E-state index contributed by atoms with van der Waals surface area (Å²) < 4.78 is 1.84. The number of hydrogen-bond donors (Lipinski definition) is 1. The van der Waals surface area contributed by atoms with Crippen LogP contribution >= 0.6 is 31.9 Å². The van der Waals surface area contributed by atoms with Crippen LogP contribution in [-0.2, 0) is 0 Å². The standard InChI is InChI=1S/C12H9Br2NO/c13-7-3-8-11(16)5-10(6-1-2-6)15-12(8)9(14)4-7/h3-6H,1-2H2,(H,15,16). The first-order chi connectivity index (χ1) is 7.65. The van der Waals surface area contributed by atoms with Gasteiger partial charge in [-0.1, -0.05) is 15.9 Å². The topological polar surface area (TPSA) is 32.9 Å². The monoisotopic (exact) mass is 341 g/mol. The number of hydrogen-bond acceptors (Lipinski definition) is 1. The second kappa shape index (κ2) is 3.70. The smallest absolute Gasteiger partial charge is 0.189 e. The minimum Gasteiger partial charge on any atom is -0.357 e. The Balaban J connectivity index is 2.37. The molecular weight excluding hydrogens is 334 g/mol. The molecular formula is C12H9Br2NO. The molecule has 3 rings (SSSR count). The van der Waals surface area contributed by atoms with Crippen molar-refractivity contribution in [3.63, 3.8) is 0 Å². The SMILES string of the molecule is O=c1cc(C2CC2)[nH]c2c(Br)cc(Br)cc12. The van der Waals surface area contributed by atoms with Crippen LogP contribution in [0, 0.1) is 0 Å². The van der Waals surface area contributed by atoms with Gasteiger partial charge in [0.15, 0.2) is 5.43 Å². The van der Waals surface area contributed by atoms with Crippen molar-refractivity contribution in [2.45, 2.75) is 18.8 Å². The zero-order valence-electron chi connectivity index (χ0n) is 8.39. The van der Waals surface area contributed by atoms with E-state index in [0.29, 0.717) is 5.92 Å². The number of halogens is 2. The summed E-state index contributed by atoms with van der Waals surface area (Å²) in [6, 6.07) is 5.55. The van der Waals surface area contributed by atoms with Crippen LogP contribution in [0.3, 0.4) is 0 Å². The van der Waals surface area contributed by atoms with Gasteiger partial charge < -0.3 is 4.98 Å². The van der Waals surface area contributed by atoms with E-state index in [0.717, 1.165) is 25.5 Å². The van der Waals surface area contributed by atoms with Crippen LogP contribution in [-0.4, -0.2) is 4.98 Å². The first kappa shape index (κ1) is 10.5. The van der Waals surface area contributed by atoms with E-state index in [1.807, 2.05) is 12.1 Å². The number of benzene rings is 1. The second-order valence-corrected chi connectivity index (χ2v) is 5.94. The Morgan fingerprint density at radius 3 is 2.62 bits per heavy atom. The maximum atomic E-state index is 12.0. The van der Waals surface area contributed by atoms with Crippen molar-refractivity contribution in [3.05, 3.63) is 43.1 Å². The maximum Gasteiger partial charge on any atom is 0.189 e. The molecule has 1 aromatic heterocycles. The van der Waals surface area contributed by atoms with Crippen LogP contribution in [0.1, 0.15) is 24.5 Å². The van der Waals surface area contributed by atoms with E-state index in [-0.39, 0.29) is 5.43 Å². The number of rotatable bonds is 1. The van der Waals surface area contributed by atoms with Crippen molar-refractivity contribution >= 4 is 42.8 Å². The molecule has 1 aromatic carbocycles. The highest BCUT2D eigenvalue weighted by Crippen LogP contribution is 2.39. The Labute approximate surface area is 109 Å². The minimum absolute atomic E-state index is 0.0950. The van der Waals surface area contributed by atoms with Gasteiger partial charge in [-0.15, -0.1) is 0 Å². The van der Waals surface area contributed by atoms with Crippen LogP contribution in [0.2, 0.25) is 0 Å². The fourth-order valence-corrected chi connectivity index (χ4v) is 3.23. The quantitative estimate of drug-likeness (QED) is 0.836.